The topological polar surface area (TPSA) is 41.3 Å². The van der Waals surface area contributed by atoms with Gasteiger partial charge >= 0.3 is 0 Å². The molecule has 96 valence electrons. The SMILES string of the molecule is CCCN(CC)CCNc1cccc(C)c1N. The number of hydrogen-bond donors (Lipinski definition) is 2. The standard InChI is InChI=1S/C14H25N3/c1-4-10-17(5-2)11-9-16-13-8-6-7-12(3)14(13)15/h6-8,16H,4-5,9-11,15H2,1-3H3. The van der Waals surface area contributed by atoms with Crippen molar-refractivity contribution in [3.8, 4) is 0 Å². The fourth-order valence-electron chi connectivity index (χ4n) is 1.93. The number of likely N-dealkylation sites (N-methyl/N-ethyl adjacent to an activating group) is 1. The van der Waals surface area contributed by atoms with E-state index in [1.807, 2.05) is 25.1 Å². The molecule has 0 radical (unpaired) electrons. The largest absolute Gasteiger partial charge is 0.397 e. The summed E-state index contributed by atoms with van der Waals surface area (Å²) in [4.78, 5) is 2.44. The number of rotatable bonds is 7. The monoisotopic (exact) mass is 235 g/mol. The number of hydrogen-bond acceptors (Lipinski definition) is 3. The third-order valence-electron chi connectivity index (χ3n) is 3.05. The lowest BCUT2D eigenvalue weighted by molar-refractivity contribution is 0.300. The van der Waals surface area contributed by atoms with Crippen LogP contribution in [0.25, 0.3) is 0 Å². The van der Waals surface area contributed by atoms with E-state index in [0.29, 0.717) is 0 Å². The molecule has 0 fully saturated rings. The molecule has 1 aromatic carbocycles. The Morgan fingerprint density at radius 2 is 2.00 bits per heavy atom. The van der Waals surface area contributed by atoms with Gasteiger partial charge in [0, 0.05) is 13.1 Å². The van der Waals surface area contributed by atoms with Crippen LogP contribution in [0, 0.1) is 6.92 Å². The van der Waals surface area contributed by atoms with E-state index in [1.54, 1.807) is 0 Å². The van der Waals surface area contributed by atoms with Crippen molar-refractivity contribution in [2.24, 2.45) is 0 Å². The van der Waals surface area contributed by atoms with Gasteiger partial charge in [-0.1, -0.05) is 26.0 Å². The van der Waals surface area contributed by atoms with Crippen LogP contribution >= 0.6 is 0 Å². The van der Waals surface area contributed by atoms with Gasteiger partial charge < -0.3 is 16.0 Å². The van der Waals surface area contributed by atoms with E-state index in [9.17, 15) is 0 Å². The minimum atomic E-state index is 0.867. The fourth-order valence-corrected chi connectivity index (χ4v) is 1.93. The fraction of sp³-hybridized carbons (Fsp3) is 0.571. The zero-order valence-corrected chi connectivity index (χ0v) is 11.3. The maximum atomic E-state index is 6.01. The Morgan fingerprint density at radius 1 is 1.24 bits per heavy atom. The Hall–Kier alpha value is -1.22. The van der Waals surface area contributed by atoms with Crippen LogP contribution in [0.1, 0.15) is 25.8 Å². The van der Waals surface area contributed by atoms with E-state index in [2.05, 4.69) is 24.1 Å². The highest BCUT2D eigenvalue weighted by Gasteiger charge is 2.02. The zero-order chi connectivity index (χ0) is 12.7. The molecule has 1 aromatic rings. The normalized spacial score (nSPS) is 10.8. The molecule has 0 unspecified atom stereocenters. The van der Waals surface area contributed by atoms with Crippen molar-refractivity contribution in [3.05, 3.63) is 23.8 Å². The summed E-state index contributed by atoms with van der Waals surface area (Å²) in [5.41, 5.74) is 9.07. The van der Waals surface area contributed by atoms with Gasteiger partial charge in [0.05, 0.1) is 11.4 Å². The van der Waals surface area contributed by atoms with Crippen molar-refractivity contribution < 1.29 is 0 Å². The first-order chi connectivity index (χ1) is 8.19. The van der Waals surface area contributed by atoms with Crippen LogP contribution in [0.2, 0.25) is 0 Å². The summed E-state index contributed by atoms with van der Waals surface area (Å²) in [6.45, 7) is 10.8. The Kier molecular flexibility index (Phi) is 5.84. The van der Waals surface area contributed by atoms with E-state index in [-0.39, 0.29) is 0 Å². The number of anilines is 2. The van der Waals surface area contributed by atoms with Gasteiger partial charge in [0.1, 0.15) is 0 Å². The highest BCUT2D eigenvalue weighted by atomic mass is 15.1. The van der Waals surface area contributed by atoms with Crippen molar-refractivity contribution in [1.82, 2.24) is 4.90 Å². The molecule has 0 aromatic heterocycles. The second kappa shape index (κ2) is 7.17. The minimum Gasteiger partial charge on any atom is -0.397 e. The first kappa shape index (κ1) is 13.8. The van der Waals surface area contributed by atoms with Gasteiger partial charge in [-0.3, -0.25) is 0 Å². The Labute approximate surface area is 105 Å². The summed E-state index contributed by atoms with van der Waals surface area (Å²) < 4.78 is 0. The highest BCUT2D eigenvalue weighted by Crippen LogP contribution is 2.21. The van der Waals surface area contributed by atoms with Gasteiger partial charge in [-0.2, -0.15) is 0 Å². The van der Waals surface area contributed by atoms with Gasteiger partial charge in [-0.05, 0) is 38.1 Å². The van der Waals surface area contributed by atoms with Gasteiger partial charge in [0.15, 0.2) is 0 Å². The van der Waals surface area contributed by atoms with Crippen LogP contribution in [0.3, 0.4) is 0 Å². The number of nitrogens with zero attached hydrogens (tertiary/aromatic N) is 1. The number of nitrogens with one attached hydrogen (secondary N) is 1. The number of benzene rings is 1. The molecule has 0 aliphatic heterocycles. The van der Waals surface area contributed by atoms with Crippen molar-refractivity contribution in [3.63, 3.8) is 0 Å². The molecule has 17 heavy (non-hydrogen) atoms. The van der Waals surface area contributed by atoms with Crippen LogP contribution in [-0.4, -0.2) is 31.1 Å². The molecular weight excluding hydrogens is 210 g/mol. The molecule has 0 bridgehead atoms. The molecule has 0 atom stereocenters. The van der Waals surface area contributed by atoms with E-state index in [1.165, 1.54) is 13.0 Å². The third-order valence-corrected chi connectivity index (χ3v) is 3.05. The maximum Gasteiger partial charge on any atom is 0.0579 e. The van der Waals surface area contributed by atoms with E-state index >= 15 is 0 Å². The summed E-state index contributed by atoms with van der Waals surface area (Å²) in [6.07, 6.45) is 1.21. The molecule has 0 amide bonds. The molecule has 0 aliphatic carbocycles. The Balaban J connectivity index is 2.42. The van der Waals surface area contributed by atoms with Crippen molar-refractivity contribution in [1.29, 1.82) is 0 Å². The highest BCUT2D eigenvalue weighted by molar-refractivity contribution is 5.69. The van der Waals surface area contributed by atoms with Crippen LogP contribution in [0.15, 0.2) is 18.2 Å². The second-order valence-electron chi connectivity index (χ2n) is 4.40. The zero-order valence-electron chi connectivity index (χ0n) is 11.3. The van der Waals surface area contributed by atoms with Gasteiger partial charge in [-0.15, -0.1) is 0 Å². The summed E-state index contributed by atoms with van der Waals surface area (Å²) in [5, 5.41) is 3.41. The van der Waals surface area contributed by atoms with Crippen molar-refractivity contribution in [2.75, 3.05) is 37.2 Å². The molecule has 0 saturated heterocycles. The van der Waals surface area contributed by atoms with Crippen molar-refractivity contribution >= 4 is 11.4 Å². The molecule has 3 heteroatoms. The van der Waals surface area contributed by atoms with Crippen LogP contribution in [0.4, 0.5) is 11.4 Å². The Bertz CT molecular complexity index is 336. The average molecular weight is 235 g/mol. The number of nitrogens with two attached hydrogens (primary N) is 1. The molecule has 0 saturated carbocycles. The van der Waals surface area contributed by atoms with E-state index in [0.717, 1.165) is 36.6 Å². The summed E-state index contributed by atoms with van der Waals surface area (Å²) in [6, 6.07) is 6.12. The van der Waals surface area contributed by atoms with E-state index < -0.39 is 0 Å². The number of para-hydroxylation sites is 1. The third kappa shape index (κ3) is 4.27. The molecular formula is C14H25N3. The van der Waals surface area contributed by atoms with Crippen molar-refractivity contribution in [2.45, 2.75) is 27.2 Å². The first-order valence-electron chi connectivity index (χ1n) is 6.50. The van der Waals surface area contributed by atoms with Gasteiger partial charge in [0.2, 0.25) is 0 Å². The molecule has 1 rings (SSSR count). The quantitative estimate of drug-likeness (QED) is 0.714. The predicted molar refractivity (Wildman–Crippen MR) is 76.5 cm³/mol. The number of nitrogen functional groups attached to an aromatic ring is 1. The second-order valence-corrected chi connectivity index (χ2v) is 4.40. The van der Waals surface area contributed by atoms with Crippen LogP contribution in [-0.2, 0) is 0 Å². The lowest BCUT2D eigenvalue weighted by Gasteiger charge is -2.20. The lowest BCUT2D eigenvalue weighted by Crippen LogP contribution is -2.29. The molecule has 0 spiro atoms. The molecule has 3 nitrogen and oxygen atoms in total. The first-order valence-corrected chi connectivity index (χ1v) is 6.50. The average Bonchev–Trinajstić information content (AvgIpc) is 2.33. The van der Waals surface area contributed by atoms with Gasteiger partial charge in [-0.25, -0.2) is 0 Å². The molecule has 3 N–H and O–H groups in total. The Morgan fingerprint density at radius 3 is 2.65 bits per heavy atom. The molecule has 0 aliphatic rings. The number of aryl methyl sites for hydroxylation is 1. The summed E-state index contributed by atoms with van der Waals surface area (Å²) >= 11 is 0. The van der Waals surface area contributed by atoms with E-state index in [4.69, 9.17) is 5.73 Å². The van der Waals surface area contributed by atoms with Crippen LogP contribution in [0.5, 0.6) is 0 Å². The van der Waals surface area contributed by atoms with Crippen LogP contribution < -0.4 is 11.1 Å². The maximum absolute atomic E-state index is 6.01. The minimum absolute atomic E-state index is 0.867. The predicted octanol–water partition coefficient (Wildman–Crippen LogP) is 2.72. The molecule has 0 heterocycles. The summed E-state index contributed by atoms with van der Waals surface area (Å²) in [5.74, 6) is 0. The smallest absolute Gasteiger partial charge is 0.0579 e. The van der Waals surface area contributed by atoms with Gasteiger partial charge in [0.25, 0.3) is 0 Å². The lowest BCUT2D eigenvalue weighted by atomic mass is 10.2. The summed E-state index contributed by atoms with van der Waals surface area (Å²) in [7, 11) is 0.